The van der Waals surface area contributed by atoms with Gasteiger partial charge in [-0.2, -0.15) is 0 Å². The second-order valence-electron chi connectivity index (χ2n) is 6.97. The lowest BCUT2D eigenvalue weighted by molar-refractivity contribution is -0.0444. The van der Waals surface area contributed by atoms with Crippen LogP contribution in [0.15, 0.2) is 43.1 Å². The fraction of sp³-hybridized carbons (Fsp3) is 0.450. The van der Waals surface area contributed by atoms with Crippen LogP contribution in [0.1, 0.15) is 24.5 Å². The molecule has 6 nitrogen and oxygen atoms in total. The number of halogens is 1. The number of hydrogen-bond donors (Lipinski definition) is 1. The van der Waals surface area contributed by atoms with Crippen LogP contribution < -0.4 is 4.74 Å². The van der Waals surface area contributed by atoms with E-state index in [1.54, 1.807) is 13.3 Å². The minimum absolute atomic E-state index is 0. The zero-order chi connectivity index (χ0) is 16.7. The summed E-state index contributed by atoms with van der Waals surface area (Å²) in [6, 6.07) is 7.96. The van der Waals surface area contributed by atoms with Gasteiger partial charge in [-0.3, -0.25) is 9.88 Å². The molecule has 5 N–H and O–H groups in total. The molecule has 3 aliphatic heterocycles. The van der Waals surface area contributed by atoms with E-state index in [0.717, 1.165) is 41.7 Å². The fourth-order valence-corrected chi connectivity index (χ4v) is 4.44. The number of pyridine rings is 1. The molecular weight excluding hydrogens is 368 g/mol. The van der Waals surface area contributed by atoms with Crippen LogP contribution in [0.5, 0.6) is 5.75 Å². The topological polar surface area (TPSA) is 109 Å². The van der Waals surface area contributed by atoms with Crippen molar-refractivity contribution in [3.05, 3.63) is 48.7 Å². The van der Waals surface area contributed by atoms with Crippen molar-refractivity contribution in [3.63, 3.8) is 0 Å². The third-order valence-electron chi connectivity index (χ3n) is 5.82. The van der Waals surface area contributed by atoms with E-state index in [4.69, 9.17) is 4.74 Å². The third-order valence-corrected chi connectivity index (χ3v) is 5.82. The van der Waals surface area contributed by atoms with Gasteiger partial charge >= 0.3 is 0 Å². The Morgan fingerprint density at radius 3 is 2.74 bits per heavy atom. The molecule has 0 saturated carbocycles. The summed E-state index contributed by atoms with van der Waals surface area (Å²) in [5.74, 6) is 2.01. The van der Waals surface area contributed by atoms with Crippen molar-refractivity contribution in [3.8, 4) is 5.75 Å². The Morgan fingerprint density at radius 2 is 2.11 bits per heavy atom. The second-order valence-corrected chi connectivity index (χ2v) is 6.97. The van der Waals surface area contributed by atoms with Crippen LogP contribution in [-0.2, 0) is 0 Å². The molecule has 4 heterocycles. The number of hydrogen-bond acceptors (Lipinski definition) is 4. The number of piperidine rings is 3. The fourth-order valence-electron chi connectivity index (χ4n) is 4.44. The van der Waals surface area contributed by atoms with Gasteiger partial charge in [-0.1, -0.05) is 6.08 Å². The molecule has 27 heavy (non-hydrogen) atoms. The van der Waals surface area contributed by atoms with Crippen LogP contribution in [-0.4, -0.2) is 52.2 Å². The van der Waals surface area contributed by atoms with Gasteiger partial charge in [0.2, 0.25) is 0 Å². The van der Waals surface area contributed by atoms with Gasteiger partial charge in [-0.05, 0) is 61.1 Å². The Morgan fingerprint density at radius 1 is 1.33 bits per heavy atom. The van der Waals surface area contributed by atoms with Gasteiger partial charge in [0.05, 0.1) is 18.7 Å². The maximum atomic E-state index is 11.2. The van der Waals surface area contributed by atoms with E-state index in [9.17, 15) is 5.11 Å². The summed E-state index contributed by atoms with van der Waals surface area (Å²) in [5.41, 5.74) is 1.85. The first kappa shape index (κ1) is 23.3. The summed E-state index contributed by atoms with van der Waals surface area (Å²) in [6.07, 6.45) is 5.62. The predicted octanol–water partition coefficient (Wildman–Crippen LogP) is 1.95. The molecule has 5 atom stereocenters. The molecule has 3 aliphatic rings. The molecule has 0 radical (unpaired) electrons. The van der Waals surface area contributed by atoms with Crippen molar-refractivity contribution < 1.29 is 20.8 Å². The van der Waals surface area contributed by atoms with Crippen molar-refractivity contribution in [1.82, 2.24) is 9.88 Å². The lowest BCUT2D eigenvalue weighted by Gasteiger charge is -2.50. The van der Waals surface area contributed by atoms with E-state index < -0.39 is 6.10 Å². The SMILES string of the molecule is C=C[C@H]1CN2CC[C@H]1C[C@H]2[C@@H](O)c1ccnc2ccc(OC)cc12.Cl.O.O. The first-order chi connectivity index (χ1) is 11.7. The second kappa shape index (κ2) is 9.48. The molecule has 3 saturated heterocycles. The van der Waals surface area contributed by atoms with E-state index in [0.29, 0.717) is 11.8 Å². The molecule has 3 fully saturated rings. The van der Waals surface area contributed by atoms with E-state index in [1.165, 1.54) is 6.42 Å². The number of aromatic nitrogens is 1. The molecule has 7 heteroatoms. The van der Waals surface area contributed by atoms with Gasteiger partial charge in [0.25, 0.3) is 0 Å². The standard InChI is InChI=1S/C20H24N2O2.ClH.2H2O/c1-3-13-12-22-9-7-14(13)10-19(22)20(23)16-6-8-21-18-5-4-15(24-2)11-17(16)18;;;/h3-6,8,11,13-14,19-20,23H,1,7,9-10,12H2,2H3;1H;2*1H2/t13-,14-,19-,20-;;;/m0.../s1. The minimum Gasteiger partial charge on any atom is -0.497 e. The minimum atomic E-state index is -0.504. The average Bonchev–Trinajstić information content (AvgIpc) is 2.66. The maximum Gasteiger partial charge on any atom is 0.119 e. The number of fused-ring (bicyclic) bond motifs is 4. The molecule has 2 bridgehead atoms. The van der Waals surface area contributed by atoms with Gasteiger partial charge in [0.1, 0.15) is 5.75 Å². The van der Waals surface area contributed by atoms with E-state index in [2.05, 4.69) is 22.5 Å². The molecule has 1 unspecified atom stereocenters. The van der Waals surface area contributed by atoms with Crippen LogP contribution >= 0.6 is 12.4 Å². The molecule has 0 spiro atoms. The Balaban J connectivity index is 0.00000121. The Bertz CT molecular complexity index is 773. The summed E-state index contributed by atoms with van der Waals surface area (Å²) < 4.78 is 5.35. The first-order valence-corrected chi connectivity index (χ1v) is 8.68. The van der Waals surface area contributed by atoms with Crippen molar-refractivity contribution >= 4 is 23.3 Å². The van der Waals surface area contributed by atoms with E-state index in [1.807, 2.05) is 24.3 Å². The quantitative estimate of drug-likeness (QED) is 0.796. The number of benzene rings is 1. The molecule has 0 aliphatic carbocycles. The number of methoxy groups -OCH3 is 1. The van der Waals surface area contributed by atoms with Crippen LogP contribution in [0.25, 0.3) is 10.9 Å². The zero-order valence-electron chi connectivity index (χ0n) is 15.5. The van der Waals surface area contributed by atoms with Crippen molar-refractivity contribution in [1.29, 1.82) is 0 Å². The lowest BCUT2D eigenvalue weighted by Crippen LogP contribution is -2.54. The Labute approximate surface area is 165 Å². The summed E-state index contributed by atoms with van der Waals surface area (Å²) in [5, 5.41) is 12.1. The highest BCUT2D eigenvalue weighted by Crippen LogP contribution is 2.42. The molecule has 2 aromatic rings. The Kier molecular flexibility index (Phi) is 8.20. The highest BCUT2D eigenvalue weighted by Gasteiger charge is 2.42. The monoisotopic (exact) mass is 396 g/mol. The lowest BCUT2D eigenvalue weighted by atomic mass is 9.73. The van der Waals surface area contributed by atoms with Crippen LogP contribution in [0, 0.1) is 11.8 Å². The number of nitrogens with zero attached hydrogens (tertiary/aromatic N) is 2. The third kappa shape index (κ3) is 4.10. The van der Waals surface area contributed by atoms with Crippen LogP contribution in [0.2, 0.25) is 0 Å². The average molecular weight is 397 g/mol. The van der Waals surface area contributed by atoms with Crippen molar-refractivity contribution in [2.75, 3.05) is 20.2 Å². The zero-order valence-corrected chi connectivity index (χ0v) is 16.3. The first-order valence-electron chi connectivity index (χ1n) is 8.68. The Hall–Kier alpha value is -1.70. The van der Waals surface area contributed by atoms with E-state index >= 15 is 0 Å². The largest absolute Gasteiger partial charge is 0.497 e. The van der Waals surface area contributed by atoms with Gasteiger partial charge in [-0.15, -0.1) is 19.0 Å². The number of aliphatic hydroxyl groups excluding tert-OH is 1. The van der Waals surface area contributed by atoms with Gasteiger partial charge in [0, 0.05) is 24.2 Å². The highest BCUT2D eigenvalue weighted by atomic mass is 35.5. The summed E-state index contributed by atoms with van der Waals surface area (Å²) in [6.45, 7) is 6.07. The molecule has 0 amide bonds. The normalized spacial score (nSPS) is 26.9. The summed E-state index contributed by atoms with van der Waals surface area (Å²) in [4.78, 5) is 6.86. The van der Waals surface area contributed by atoms with Crippen LogP contribution in [0.4, 0.5) is 0 Å². The molecule has 1 aromatic heterocycles. The van der Waals surface area contributed by atoms with Gasteiger partial charge in [-0.25, -0.2) is 0 Å². The summed E-state index contributed by atoms with van der Waals surface area (Å²) in [7, 11) is 1.66. The highest BCUT2D eigenvalue weighted by molar-refractivity contribution is 5.85. The number of ether oxygens (including phenoxy) is 1. The molecule has 150 valence electrons. The van der Waals surface area contributed by atoms with Gasteiger partial charge in [0.15, 0.2) is 0 Å². The maximum absolute atomic E-state index is 11.2. The van der Waals surface area contributed by atoms with Gasteiger partial charge < -0.3 is 20.8 Å². The number of aliphatic hydroxyl groups is 1. The van der Waals surface area contributed by atoms with Crippen molar-refractivity contribution in [2.24, 2.45) is 11.8 Å². The molecular formula is C20H29ClN2O4. The molecule has 5 rings (SSSR count). The van der Waals surface area contributed by atoms with E-state index in [-0.39, 0.29) is 29.4 Å². The smallest absolute Gasteiger partial charge is 0.119 e. The van der Waals surface area contributed by atoms with Crippen LogP contribution in [0.3, 0.4) is 0 Å². The summed E-state index contributed by atoms with van der Waals surface area (Å²) >= 11 is 0. The predicted molar refractivity (Wildman–Crippen MR) is 110 cm³/mol. The van der Waals surface area contributed by atoms with Crippen molar-refractivity contribution in [2.45, 2.75) is 25.0 Å². The molecule has 1 aromatic carbocycles. The number of rotatable bonds is 4.